The van der Waals surface area contributed by atoms with Gasteiger partial charge in [0, 0.05) is 36.6 Å². The highest BCUT2D eigenvalue weighted by atomic mass is 16.5. The van der Waals surface area contributed by atoms with Crippen molar-refractivity contribution in [3.8, 4) is 23.0 Å². The van der Waals surface area contributed by atoms with E-state index in [9.17, 15) is 0 Å². The van der Waals surface area contributed by atoms with Gasteiger partial charge in [-0.1, -0.05) is 17.3 Å². The molecule has 1 aromatic carbocycles. The Morgan fingerprint density at radius 2 is 2.04 bits per heavy atom. The van der Waals surface area contributed by atoms with Crippen molar-refractivity contribution < 1.29 is 4.52 Å². The summed E-state index contributed by atoms with van der Waals surface area (Å²) in [6.07, 6.45) is 1.64. The fourth-order valence-corrected chi connectivity index (χ4v) is 3.13. The summed E-state index contributed by atoms with van der Waals surface area (Å²) >= 11 is 0. The third-order valence-electron chi connectivity index (χ3n) is 4.32. The fraction of sp³-hybridized carbons (Fsp3) is 0.176. The zero-order chi connectivity index (χ0) is 18.5. The number of aryl methyl sites for hydroxylation is 2. The molecule has 0 aliphatic heterocycles. The van der Waals surface area contributed by atoms with Crippen LogP contribution in [0.1, 0.15) is 5.76 Å². The second-order valence-electron chi connectivity index (χ2n) is 6.15. The zero-order valence-electron chi connectivity index (χ0n) is 14.9. The molecule has 0 fully saturated rings. The van der Waals surface area contributed by atoms with E-state index in [4.69, 9.17) is 9.62 Å². The molecule has 0 saturated heterocycles. The standard InChI is InChI=1S/C17H15N9O/c1-9-7-12(24-27-9)17-21-20-16-10-5-4-6-11(18-2)13(10)14(22-26(16)17)15-19-8-25(3)23-15/h4-8,18H,1-3H3. The monoisotopic (exact) mass is 361 g/mol. The highest BCUT2D eigenvalue weighted by molar-refractivity contribution is 6.07. The number of hydrogen-bond acceptors (Lipinski definition) is 8. The molecular formula is C17H15N9O. The molecule has 0 bridgehead atoms. The number of hydrogen-bond donors (Lipinski definition) is 1. The number of fused-ring (bicyclic) bond motifs is 3. The molecule has 0 aliphatic carbocycles. The normalized spacial score (nSPS) is 11.5. The number of benzene rings is 1. The van der Waals surface area contributed by atoms with Gasteiger partial charge in [-0.2, -0.15) is 9.61 Å². The first kappa shape index (κ1) is 15.4. The van der Waals surface area contributed by atoms with Gasteiger partial charge < -0.3 is 9.84 Å². The van der Waals surface area contributed by atoms with Gasteiger partial charge in [0.1, 0.15) is 17.8 Å². The third-order valence-corrected chi connectivity index (χ3v) is 4.32. The first-order valence-electron chi connectivity index (χ1n) is 8.31. The first-order chi connectivity index (χ1) is 13.2. The minimum absolute atomic E-state index is 0.496. The molecule has 0 radical (unpaired) electrons. The smallest absolute Gasteiger partial charge is 0.207 e. The maximum Gasteiger partial charge on any atom is 0.207 e. The lowest BCUT2D eigenvalue weighted by Gasteiger charge is -2.10. The molecule has 5 rings (SSSR count). The van der Waals surface area contributed by atoms with Crippen LogP contribution in [0.4, 0.5) is 5.69 Å². The van der Waals surface area contributed by atoms with Crippen LogP contribution in [0.5, 0.6) is 0 Å². The van der Waals surface area contributed by atoms with Crippen LogP contribution in [0.2, 0.25) is 0 Å². The van der Waals surface area contributed by atoms with Crippen molar-refractivity contribution in [2.45, 2.75) is 6.92 Å². The van der Waals surface area contributed by atoms with Crippen molar-refractivity contribution in [3.63, 3.8) is 0 Å². The molecule has 0 atom stereocenters. The fourth-order valence-electron chi connectivity index (χ4n) is 3.13. The summed E-state index contributed by atoms with van der Waals surface area (Å²) in [5, 5.41) is 26.9. The van der Waals surface area contributed by atoms with E-state index in [2.05, 4.69) is 30.8 Å². The topological polar surface area (TPSA) is 112 Å². The molecule has 0 unspecified atom stereocenters. The first-order valence-corrected chi connectivity index (χ1v) is 8.31. The maximum absolute atomic E-state index is 5.18. The van der Waals surface area contributed by atoms with Crippen molar-refractivity contribution in [2.75, 3.05) is 12.4 Å². The summed E-state index contributed by atoms with van der Waals surface area (Å²) in [6.45, 7) is 1.82. The molecule has 1 N–H and O–H groups in total. The minimum atomic E-state index is 0.496. The van der Waals surface area contributed by atoms with Gasteiger partial charge in [0.2, 0.25) is 11.6 Å². The Balaban J connectivity index is 1.92. The molecule has 0 amide bonds. The Labute approximate surface area is 152 Å². The Bertz CT molecular complexity index is 1300. The lowest BCUT2D eigenvalue weighted by Crippen LogP contribution is -2.03. The van der Waals surface area contributed by atoms with E-state index in [0.717, 1.165) is 16.5 Å². The van der Waals surface area contributed by atoms with Crippen LogP contribution in [-0.4, -0.2) is 46.8 Å². The molecule has 134 valence electrons. The lowest BCUT2D eigenvalue weighted by atomic mass is 10.1. The number of anilines is 1. The molecular weight excluding hydrogens is 346 g/mol. The van der Waals surface area contributed by atoms with E-state index in [0.29, 0.717) is 34.4 Å². The molecule has 0 aliphatic rings. The second kappa shape index (κ2) is 5.59. The SMILES string of the molecule is CNc1cccc2c1c(-c1ncn(C)n1)nn1c(-c3cc(C)on3)nnc21. The van der Waals surface area contributed by atoms with Crippen LogP contribution in [-0.2, 0) is 7.05 Å². The number of rotatable bonds is 3. The van der Waals surface area contributed by atoms with Crippen LogP contribution in [0.15, 0.2) is 35.1 Å². The van der Waals surface area contributed by atoms with E-state index in [1.165, 1.54) is 0 Å². The summed E-state index contributed by atoms with van der Waals surface area (Å²) in [6, 6.07) is 7.71. The van der Waals surface area contributed by atoms with Crippen molar-refractivity contribution in [3.05, 3.63) is 36.4 Å². The van der Waals surface area contributed by atoms with Gasteiger partial charge in [-0.05, 0) is 13.0 Å². The Morgan fingerprint density at radius 1 is 1.15 bits per heavy atom. The van der Waals surface area contributed by atoms with Crippen LogP contribution < -0.4 is 5.32 Å². The van der Waals surface area contributed by atoms with E-state index < -0.39 is 0 Å². The molecule has 4 aromatic heterocycles. The van der Waals surface area contributed by atoms with Gasteiger partial charge in [-0.25, -0.2) is 4.98 Å². The molecule has 5 aromatic rings. The van der Waals surface area contributed by atoms with Crippen LogP contribution >= 0.6 is 0 Å². The largest absolute Gasteiger partial charge is 0.388 e. The average molecular weight is 361 g/mol. The van der Waals surface area contributed by atoms with Crippen molar-refractivity contribution >= 4 is 22.1 Å². The zero-order valence-corrected chi connectivity index (χ0v) is 14.9. The quantitative estimate of drug-likeness (QED) is 0.520. The second-order valence-corrected chi connectivity index (χ2v) is 6.15. The van der Waals surface area contributed by atoms with Crippen LogP contribution in [0.25, 0.3) is 39.5 Å². The predicted molar refractivity (Wildman–Crippen MR) is 98.1 cm³/mol. The van der Waals surface area contributed by atoms with E-state index >= 15 is 0 Å². The summed E-state index contributed by atoms with van der Waals surface area (Å²) in [5.74, 6) is 1.70. The maximum atomic E-state index is 5.18. The third kappa shape index (κ3) is 2.26. The molecule has 4 heterocycles. The Hall–Kier alpha value is -3.82. The average Bonchev–Trinajstić information content (AvgIpc) is 3.39. The predicted octanol–water partition coefficient (Wildman–Crippen LogP) is 2.08. The van der Waals surface area contributed by atoms with Gasteiger partial charge in [0.15, 0.2) is 11.3 Å². The van der Waals surface area contributed by atoms with Gasteiger partial charge >= 0.3 is 0 Å². The lowest BCUT2D eigenvalue weighted by molar-refractivity contribution is 0.399. The van der Waals surface area contributed by atoms with E-state index in [1.54, 1.807) is 21.6 Å². The van der Waals surface area contributed by atoms with Gasteiger partial charge in [0.05, 0.1) is 0 Å². The molecule has 27 heavy (non-hydrogen) atoms. The minimum Gasteiger partial charge on any atom is -0.388 e. The highest BCUT2D eigenvalue weighted by Gasteiger charge is 2.21. The van der Waals surface area contributed by atoms with E-state index in [1.807, 2.05) is 39.2 Å². The van der Waals surface area contributed by atoms with Gasteiger partial charge in [-0.3, -0.25) is 4.68 Å². The molecule has 0 saturated carbocycles. The number of nitrogens with one attached hydrogen (secondary N) is 1. The summed E-state index contributed by atoms with van der Waals surface area (Å²) in [7, 11) is 3.68. The van der Waals surface area contributed by atoms with Crippen LogP contribution in [0, 0.1) is 6.92 Å². The summed E-state index contributed by atoms with van der Waals surface area (Å²) < 4.78 is 8.48. The van der Waals surface area contributed by atoms with E-state index in [-0.39, 0.29) is 0 Å². The molecule has 0 spiro atoms. The highest BCUT2D eigenvalue weighted by Crippen LogP contribution is 2.33. The van der Waals surface area contributed by atoms with Crippen molar-refractivity contribution in [2.24, 2.45) is 7.05 Å². The van der Waals surface area contributed by atoms with Gasteiger partial charge in [0.25, 0.3) is 0 Å². The van der Waals surface area contributed by atoms with Crippen molar-refractivity contribution in [1.82, 2.24) is 39.7 Å². The summed E-state index contributed by atoms with van der Waals surface area (Å²) in [4.78, 5) is 4.38. The number of aromatic nitrogens is 8. The van der Waals surface area contributed by atoms with Gasteiger partial charge in [-0.15, -0.1) is 15.3 Å². The summed E-state index contributed by atoms with van der Waals surface area (Å²) in [5.41, 5.74) is 2.73. The Kier molecular flexibility index (Phi) is 3.20. The molecule has 10 heteroatoms. The Morgan fingerprint density at radius 3 is 2.74 bits per heavy atom. The number of nitrogens with zero attached hydrogens (tertiary/aromatic N) is 8. The van der Waals surface area contributed by atoms with Crippen LogP contribution in [0.3, 0.4) is 0 Å². The van der Waals surface area contributed by atoms with Crippen molar-refractivity contribution in [1.29, 1.82) is 0 Å². The molecule has 10 nitrogen and oxygen atoms in total.